The molecule has 10 nitrogen and oxygen atoms in total. The number of carbonyl (C=O) groups is 3. The molecule has 0 aromatic heterocycles. The Morgan fingerprint density at radius 2 is 1.60 bits per heavy atom. The lowest BCUT2D eigenvalue weighted by atomic mass is 10.1. The van der Waals surface area contributed by atoms with Gasteiger partial charge in [-0.15, -0.1) is 11.8 Å². The normalized spacial score (nSPS) is 10.9. The van der Waals surface area contributed by atoms with Crippen molar-refractivity contribution < 1.29 is 24.0 Å². The topological polar surface area (TPSA) is 140 Å². The lowest BCUT2D eigenvalue weighted by Gasteiger charge is -2.13. The molecular formula is C32H28N4O6S. The van der Waals surface area contributed by atoms with E-state index in [0.717, 1.165) is 4.90 Å². The third-order valence-electron chi connectivity index (χ3n) is 5.87. The largest absolute Gasteiger partial charge is 0.492 e. The standard InChI is InChI=1S/C32H28N4O6S/c1-2-42-29-14-7-6-13-27(29)34-30(37)21-43-26-12-8-11-24(20-26)33-32(39)28(35-31(38)23-9-4-3-5-10-23)19-22-15-17-25(18-16-22)36(40)41/h3-20H,2,21H2,1H3,(H,33,39)(H,34,37)(H,35,38)/b28-19+. The number of nitrogens with zero attached hydrogens (tertiary/aromatic N) is 1. The van der Waals surface area contributed by atoms with Crippen LogP contribution < -0.4 is 20.7 Å². The highest BCUT2D eigenvalue weighted by Gasteiger charge is 2.16. The molecule has 0 spiro atoms. The number of hydrogen-bond donors (Lipinski definition) is 3. The van der Waals surface area contributed by atoms with Crippen LogP contribution in [0.3, 0.4) is 0 Å². The molecule has 0 atom stereocenters. The second-order valence-electron chi connectivity index (χ2n) is 8.97. The molecule has 0 saturated carbocycles. The number of non-ortho nitro benzene ring substituents is 1. The average molecular weight is 597 g/mol. The summed E-state index contributed by atoms with van der Waals surface area (Å²) in [7, 11) is 0. The summed E-state index contributed by atoms with van der Waals surface area (Å²) in [6, 6.07) is 28.1. The second kappa shape index (κ2) is 15.0. The molecule has 0 fully saturated rings. The van der Waals surface area contributed by atoms with Gasteiger partial charge in [0.05, 0.1) is 23.0 Å². The molecular weight excluding hydrogens is 568 g/mol. The monoisotopic (exact) mass is 596 g/mol. The minimum absolute atomic E-state index is 0.0619. The number of ether oxygens (including phenoxy) is 1. The van der Waals surface area contributed by atoms with E-state index in [4.69, 9.17) is 4.74 Å². The van der Waals surface area contributed by atoms with Gasteiger partial charge in [-0.2, -0.15) is 0 Å². The van der Waals surface area contributed by atoms with Gasteiger partial charge >= 0.3 is 0 Å². The fourth-order valence-electron chi connectivity index (χ4n) is 3.85. The van der Waals surface area contributed by atoms with Crippen LogP contribution in [0.2, 0.25) is 0 Å². The number of nitro benzene ring substituents is 1. The molecule has 3 amide bonds. The van der Waals surface area contributed by atoms with Crippen LogP contribution in [0.25, 0.3) is 6.08 Å². The number of anilines is 2. The first-order chi connectivity index (χ1) is 20.8. The number of benzene rings is 4. The Balaban J connectivity index is 1.46. The summed E-state index contributed by atoms with van der Waals surface area (Å²) in [5.74, 6) is -0.607. The van der Waals surface area contributed by atoms with Crippen LogP contribution in [0.5, 0.6) is 5.75 Å². The Morgan fingerprint density at radius 1 is 0.884 bits per heavy atom. The van der Waals surface area contributed by atoms with Crippen molar-refractivity contribution in [2.45, 2.75) is 11.8 Å². The fraction of sp³-hybridized carbons (Fsp3) is 0.0938. The van der Waals surface area contributed by atoms with E-state index >= 15 is 0 Å². The number of rotatable bonds is 12. The van der Waals surface area contributed by atoms with E-state index in [1.54, 1.807) is 60.7 Å². The maximum atomic E-state index is 13.3. The summed E-state index contributed by atoms with van der Waals surface area (Å²) in [6.45, 7) is 2.34. The van der Waals surface area contributed by atoms with E-state index < -0.39 is 16.7 Å². The minimum atomic E-state index is -0.602. The van der Waals surface area contributed by atoms with Crippen molar-refractivity contribution in [2.75, 3.05) is 23.0 Å². The van der Waals surface area contributed by atoms with E-state index in [2.05, 4.69) is 16.0 Å². The number of para-hydroxylation sites is 2. The molecule has 43 heavy (non-hydrogen) atoms. The Kier molecular flexibility index (Phi) is 10.6. The van der Waals surface area contributed by atoms with Crippen LogP contribution in [0.1, 0.15) is 22.8 Å². The maximum absolute atomic E-state index is 13.3. The molecule has 4 aromatic rings. The molecule has 4 rings (SSSR count). The lowest BCUT2D eigenvalue weighted by Crippen LogP contribution is -2.30. The van der Waals surface area contributed by atoms with Crippen molar-refractivity contribution in [2.24, 2.45) is 0 Å². The van der Waals surface area contributed by atoms with Crippen LogP contribution in [-0.2, 0) is 9.59 Å². The van der Waals surface area contributed by atoms with Gasteiger partial charge in [0.2, 0.25) is 5.91 Å². The lowest BCUT2D eigenvalue weighted by molar-refractivity contribution is -0.384. The summed E-state index contributed by atoms with van der Waals surface area (Å²) >= 11 is 1.29. The van der Waals surface area contributed by atoms with Crippen LogP contribution in [0, 0.1) is 10.1 Å². The van der Waals surface area contributed by atoms with Gasteiger partial charge in [-0.25, -0.2) is 0 Å². The molecule has 11 heteroatoms. The molecule has 4 aromatic carbocycles. The molecule has 0 heterocycles. The smallest absolute Gasteiger partial charge is 0.272 e. The third kappa shape index (κ3) is 9.03. The van der Waals surface area contributed by atoms with E-state index in [9.17, 15) is 24.5 Å². The minimum Gasteiger partial charge on any atom is -0.492 e. The highest BCUT2D eigenvalue weighted by molar-refractivity contribution is 8.00. The molecule has 0 aliphatic heterocycles. The highest BCUT2D eigenvalue weighted by atomic mass is 32.2. The number of hydrogen-bond acceptors (Lipinski definition) is 7. The van der Waals surface area contributed by atoms with Crippen molar-refractivity contribution in [3.8, 4) is 5.75 Å². The van der Waals surface area contributed by atoms with Crippen molar-refractivity contribution >= 4 is 52.6 Å². The Morgan fingerprint density at radius 3 is 2.33 bits per heavy atom. The van der Waals surface area contributed by atoms with Gasteiger partial charge in [0.15, 0.2) is 0 Å². The SMILES string of the molecule is CCOc1ccccc1NC(=O)CSc1cccc(NC(=O)/C(=C\c2ccc([N+](=O)[O-])cc2)NC(=O)c2ccccc2)c1. The fourth-order valence-corrected chi connectivity index (χ4v) is 4.60. The molecule has 3 N–H and O–H groups in total. The maximum Gasteiger partial charge on any atom is 0.272 e. The van der Waals surface area contributed by atoms with Crippen molar-refractivity contribution in [3.05, 3.63) is 130 Å². The van der Waals surface area contributed by atoms with Gasteiger partial charge < -0.3 is 20.7 Å². The zero-order valence-corrected chi connectivity index (χ0v) is 23.9. The molecule has 0 radical (unpaired) electrons. The molecule has 0 aliphatic carbocycles. The predicted molar refractivity (Wildman–Crippen MR) is 167 cm³/mol. The number of amides is 3. The van der Waals surface area contributed by atoms with Crippen LogP contribution >= 0.6 is 11.8 Å². The number of nitro groups is 1. The number of thioether (sulfide) groups is 1. The summed E-state index contributed by atoms with van der Waals surface area (Å²) in [4.78, 5) is 50.0. The first-order valence-electron chi connectivity index (χ1n) is 13.2. The summed E-state index contributed by atoms with van der Waals surface area (Å²) < 4.78 is 5.55. The summed E-state index contributed by atoms with van der Waals surface area (Å²) in [5.41, 5.74) is 1.70. The first-order valence-corrected chi connectivity index (χ1v) is 14.2. The highest BCUT2D eigenvalue weighted by Crippen LogP contribution is 2.26. The number of carbonyl (C=O) groups excluding carboxylic acids is 3. The van der Waals surface area contributed by atoms with Crippen LogP contribution in [0.15, 0.2) is 114 Å². The van der Waals surface area contributed by atoms with Crippen molar-refractivity contribution in [3.63, 3.8) is 0 Å². The zero-order valence-electron chi connectivity index (χ0n) is 23.1. The molecule has 0 bridgehead atoms. The third-order valence-corrected chi connectivity index (χ3v) is 6.86. The number of nitrogens with one attached hydrogen (secondary N) is 3. The molecule has 0 aliphatic rings. The van der Waals surface area contributed by atoms with E-state index in [0.29, 0.717) is 34.9 Å². The summed E-state index contributed by atoms with van der Waals surface area (Å²) in [5, 5.41) is 19.3. The zero-order chi connectivity index (χ0) is 30.6. The first kappa shape index (κ1) is 30.5. The Hall–Kier alpha value is -5.42. The van der Waals surface area contributed by atoms with Gasteiger partial charge in [-0.1, -0.05) is 36.4 Å². The van der Waals surface area contributed by atoms with Gasteiger partial charge in [-0.3, -0.25) is 24.5 Å². The predicted octanol–water partition coefficient (Wildman–Crippen LogP) is 6.13. The van der Waals surface area contributed by atoms with Crippen LogP contribution in [-0.4, -0.2) is 35.0 Å². The quantitative estimate of drug-likeness (QED) is 0.0773. The Bertz CT molecular complexity index is 1640. The van der Waals surface area contributed by atoms with E-state index in [1.165, 1.54) is 42.1 Å². The van der Waals surface area contributed by atoms with Crippen molar-refractivity contribution in [1.82, 2.24) is 5.32 Å². The van der Waals surface area contributed by atoms with Crippen molar-refractivity contribution in [1.29, 1.82) is 0 Å². The van der Waals surface area contributed by atoms with E-state index in [-0.39, 0.29) is 23.0 Å². The second-order valence-corrected chi connectivity index (χ2v) is 10.0. The molecule has 218 valence electrons. The van der Waals surface area contributed by atoms with E-state index in [1.807, 2.05) is 25.1 Å². The van der Waals surface area contributed by atoms with Gasteiger partial charge in [0, 0.05) is 28.3 Å². The molecule has 0 unspecified atom stereocenters. The van der Waals surface area contributed by atoms with Gasteiger partial charge in [0.25, 0.3) is 17.5 Å². The molecule has 0 saturated heterocycles. The average Bonchev–Trinajstić information content (AvgIpc) is 3.01. The van der Waals surface area contributed by atoms with Crippen LogP contribution in [0.4, 0.5) is 17.1 Å². The van der Waals surface area contributed by atoms with Gasteiger partial charge in [-0.05, 0) is 73.2 Å². The Labute approximate surface area is 252 Å². The van der Waals surface area contributed by atoms with Gasteiger partial charge in [0.1, 0.15) is 11.4 Å². The summed E-state index contributed by atoms with van der Waals surface area (Å²) in [6.07, 6.45) is 1.43.